The van der Waals surface area contributed by atoms with E-state index in [-0.39, 0.29) is 5.75 Å². The molecular formula is C23H18BrN3O5. The molecule has 0 bridgehead atoms. The molecule has 0 unspecified atom stereocenters. The minimum atomic E-state index is -0.963. The molecular weight excluding hydrogens is 478 g/mol. The zero-order chi connectivity index (χ0) is 22.9. The Kier molecular flexibility index (Phi) is 7.71. The second-order valence-corrected chi connectivity index (χ2v) is 7.24. The van der Waals surface area contributed by atoms with Crippen LogP contribution in [0.15, 0.2) is 82.4 Å². The lowest BCUT2D eigenvalue weighted by Gasteiger charge is -2.08. The number of hydrogen-bond donors (Lipinski definition) is 2. The summed E-state index contributed by atoms with van der Waals surface area (Å²) in [5.41, 5.74) is 3.38. The highest BCUT2D eigenvalue weighted by Gasteiger charge is 2.14. The van der Waals surface area contributed by atoms with Crippen molar-refractivity contribution in [2.75, 3.05) is 12.4 Å². The first-order valence-electron chi connectivity index (χ1n) is 9.31. The van der Waals surface area contributed by atoms with E-state index in [0.29, 0.717) is 27.0 Å². The van der Waals surface area contributed by atoms with Gasteiger partial charge in [-0.3, -0.25) is 9.59 Å². The Labute approximate surface area is 192 Å². The van der Waals surface area contributed by atoms with Gasteiger partial charge in [0.15, 0.2) is 0 Å². The number of methoxy groups -OCH3 is 1. The van der Waals surface area contributed by atoms with Gasteiger partial charge in [0.1, 0.15) is 11.5 Å². The molecule has 162 valence electrons. The van der Waals surface area contributed by atoms with Crippen molar-refractivity contribution in [3.8, 4) is 11.5 Å². The lowest BCUT2D eigenvalue weighted by atomic mass is 10.2. The molecule has 0 fully saturated rings. The quantitative estimate of drug-likeness (QED) is 0.178. The standard InChI is InChI=1S/C23H18BrN3O5/c1-31-19-10-8-18(9-11-19)26-21(28)22(29)27-25-14-16-13-17(24)7-12-20(16)32-23(30)15-5-3-2-4-6-15/h2-14H,1H3,(H,26,28)(H,27,29). The van der Waals surface area contributed by atoms with Gasteiger partial charge in [-0.1, -0.05) is 34.1 Å². The summed E-state index contributed by atoms with van der Waals surface area (Å²) in [4.78, 5) is 36.4. The third-order valence-corrected chi connectivity index (χ3v) is 4.60. The molecule has 2 amide bonds. The Morgan fingerprint density at radius 2 is 1.66 bits per heavy atom. The van der Waals surface area contributed by atoms with Gasteiger partial charge in [0.25, 0.3) is 0 Å². The monoisotopic (exact) mass is 495 g/mol. The SMILES string of the molecule is COc1ccc(NC(=O)C(=O)NN=Cc2cc(Br)ccc2OC(=O)c2ccccc2)cc1. The van der Waals surface area contributed by atoms with Crippen LogP contribution >= 0.6 is 15.9 Å². The molecule has 9 heteroatoms. The van der Waals surface area contributed by atoms with Gasteiger partial charge >= 0.3 is 17.8 Å². The molecule has 3 aromatic carbocycles. The summed E-state index contributed by atoms with van der Waals surface area (Å²) in [6.07, 6.45) is 1.27. The molecule has 0 aliphatic carbocycles. The molecule has 2 N–H and O–H groups in total. The summed E-state index contributed by atoms with van der Waals surface area (Å²) in [6.45, 7) is 0. The Morgan fingerprint density at radius 1 is 0.938 bits per heavy atom. The maximum Gasteiger partial charge on any atom is 0.343 e. The number of nitrogens with one attached hydrogen (secondary N) is 2. The number of ether oxygens (including phenoxy) is 2. The number of carbonyl (C=O) groups excluding carboxylic acids is 3. The minimum Gasteiger partial charge on any atom is -0.497 e. The molecule has 0 saturated heterocycles. The fourth-order valence-electron chi connectivity index (χ4n) is 2.52. The van der Waals surface area contributed by atoms with Crippen molar-refractivity contribution in [1.29, 1.82) is 0 Å². The van der Waals surface area contributed by atoms with Crippen molar-refractivity contribution in [3.63, 3.8) is 0 Å². The van der Waals surface area contributed by atoms with Crippen LogP contribution < -0.4 is 20.2 Å². The first kappa shape index (κ1) is 22.7. The van der Waals surface area contributed by atoms with Gasteiger partial charge < -0.3 is 14.8 Å². The van der Waals surface area contributed by atoms with E-state index in [4.69, 9.17) is 9.47 Å². The smallest absolute Gasteiger partial charge is 0.343 e. The number of esters is 1. The summed E-state index contributed by atoms with van der Waals surface area (Å²) in [7, 11) is 1.53. The van der Waals surface area contributed by atoms with Crippen molar-refractivity contribution in [2.45, 2.75) is 0 Å². The Hall–Kier alpha value is -3.98. The van der Waals surface area contributed by atoms with Crippen molar-refractivity contribution in [3.05, 3.63) is 88.4 Å². The Morgan fingerprint density at radius 3 is 2.34 bits per heavy atom. The Balaban J connectivity index is 1.63. The maximum atomic E-state index is 12.3. The van der Waals surface area contributed by atoms with Crippen LogP contribution in [0.3, 0.4) is 0 Å². The zero-order valence-corrected chi connectivity index (χ0v) is 18.5. The molecule has 0 radical (unpaired) electrons. The summed E-state index contributed by atoms with van der Waals surface area (Å²) < 4.78 is 11.2. The van der Waals surface area contributed by atoms with Gasteiger partial charge in [-0.25, -0.2) is 10.2 Å². The van der Waals surface area contributed by atoms with E-state index in [2.05, 4.69) is 31.8 Å². The molecule has 0 aromatic heterocycles. The number of amides is 2. The van der Waals surface area contributed by atoms with Crippen LogP contribution in [-0.2, 0) is 9.59 Å². The molecule has 0 aliphatic rings. The van der Waals surface area contributed by atoms with Crippen LogP contribution in [0.5, 0.6) is 11.5 Å². The van der Waals surface area contributed by atoms with Gasteiger partial charge in [0, 0.05) is 15.7 Å². The lowest BCUT2D eigenvalue weighted by Crippen LogP contribution is -2.32. The van der Waals surface area contributed by atoms with Crippen molar-refractivity contribution < 1.29 is 23.9 Å². The lowest BCUT2D eigenvalue weighted by molar-refractivity contribution is -0.136. The van der Waals surface area contributed by atoms with Gasteiger partial charge in [0.2, 0.25) is 0 Å². The average molecular weight is 496 g/mol. The summed E-state index contributed by atoms with van der Waals surface area (Å²) in [6, 6.07) is 20.0. The van der Waals surface area contributed by atoms with Crippen LogP contribution in [0.1, 0.15) is 15.9 Å². The number of carbonyl (C=O) groups is 3. The van der Waals surface area contributed by atoms with Crippen molar-refractivity contribution in [2.24, 2.45) is 5.10 Å². The largest absolute Gasteiger partial charge is 0.497 e. The van der Waals surface area contributed by atoms with E-state index in [9.17, 15) is 14.4 Å². The van der Waals surface area contributed by atoms with Gasteiger partial charge in [-0.15, -0.1) is 0 Å². The predicted octanol–water partition coefficient (Wildman–Crippen LogP) is 3.77. The summed E-state index contributed by atoms with van der Waals surface area (Å²) in [5.74, 6) is -1.53. The predicted molar refractivity (Wildman–Crippen MR) is 123 cm³/mol. The van der Waals surface area contributed by atoms with E-state index < -0.39 is 17.8 Å². The van der Waals surface area contributed by atoms with E-state index in [1.165, 1.54) is 13.3 Å². The van der Waals surface area contributed by atoms with Crippen molar-refractivity contribution in [1.82, 2.24) is 5.43 Å². The topological polar surface area (TPSA) is 106 Å². The van der Waals surface area contributed by atoms with E-state index in [0.717, 1.165) is 0 Å². The molecule has 0 heterocycles. The average Bonchev–Trinajstić information content (AvgIpc) is 2.81. The van der Waals surface area contributed by atoms with E-state index in [1.54, 1.807) is 72.8 Å². The number of benzene rings is 3. The third-order valence-electron chi connectivity index (χ3n) is 4.11. The van der Waals surface area contributed by atoms with Crippen LogP contribution in [0.25, 0.3) is 0 Å². The number of rotatable bonds is 6. The fourth-order valence-corrected chi connectivity index (χ4v) is 2.90. The van der Waals surface area contributed by atoms with Gasteiger partial charge in [-0.05, 0) is 54.6 Å². The number of hydrogen-bond acceptors (Lipinski definition) is 6. The highest BCUT2D eigenvalue weighted by molar-refractivity contribution is 9.10. The van der Waals surface area contributed by atoms with Crippen LogP contribution in [-0.4, -0.2) is 31.1 Å². The highest BCUT2D eigenvalue weighted by atomic mass is 79.9. The van der Waals surface area contributed by atoms with Crippen LogP contribution in [0.2, 0.25) is 0 Å². The van der Waals surface area contributed by atoms with E-state index in [1.807, 2.05) is 0 Å². The molecule has 0 aliphatic heterocycles. The molecule has 0 spiro atoms. The number of nitrogens with zero attached hydrogens (tertiary/aromatic N) is 1. The zero-order valence-electron chi connectivity index (χ0n) is 16.9. The molecule has 32 heavy (non-hydrogen) atoms. The van der Waals surface area contributed by atoms with Gasteiger partial charge in [0.05, 0.1) is 18.9 Å². The number of halogens is 1. The molecule has 3 aromatic rings. The maximum absolute atomic E-state index is 12.3. The normalized spacial score (nSPS) is 10.4. The fraction of sp³-hybridized carbons (Fsp3) is 0.0435. The number of hydrazone groups is 1. The van der Waals surface area contributed by atoms with Crippen LogP contribution in [0.4, 0.5) is 5.69 Å². The first-order valence-corrected chi connectivity index (χ1v) is 10.1. The van der Waals surface area contributed by atoms with E-state index >= 15 is 0 Å². The number of anilines is 1. The summed E-state index contributed by atoms with van der Waals surface area (Å²) >= 11 is 3.34. The second kappa shape index (κ2) is 10.9. The molecule has 3 rings (SSSR count). The van der Waals surface area contributed by atoms with Gasteiger partial charge in [-0.2, -0.15) is 5.10 Å². The third kappa shape index (κ3) is 6.26. The highest BCUT2D eigenvalue weighted by Crippen LogP contribution is 2.23. The molecule has 8 nitrogen and oxygen atoms in total. The Bertz CT molecular complexity index is 1150. The summed E-state index contributed by atoms with van der Waals surface area (Å²) in [5, 5.41) is 6.25. The first-order chi connectivity index (χ1) is 15.5. The second-order valence-electron chi connectivity index (χ2n) is 6.32. The van der Waals surface area contributed by atoms with Crippen LogP contribution in [0, 0.1) is 0 Å². The molecule has 0 atom stereocenters. The minimum absolute atomic E-state index is 0.239. The molecule has 0 saturated carbocycles. The van der Waals surface area contributed by atoms with Crippen molar-refractivity contribution >= 4 is 45.6 Å².